The quantitative estimate of drug-likeness (QED) is 0.701. The topological polar surface area (TPSA) is 33.0 Å². The van der Waals surface area contributed by atoms with E-state index in [-0.39, 0.29) is 0 Å². The minimum Gasteiger partial charge on any atom is -0.490 e. The van der Waals surface area contributed by atoms with Crippen LogP contribution in [0.1, 0.15) is 38.3 Å². The Morgan fingerprint density at radius 1 is 1.47 bits per heavy atom. The van der Waals surface area contributed by atoms with Crippen LogP contribution in [0.4, 0.5) is 0 Å². The van der Waals surface area contributed by atoms with Crippen molar-refractivity contribution in [1.82, 2.24) is 0 Å². The molecule has 0 N–H and O–H groups in total. The molecule has 1 aromatic carbocycles. The van der Waals surface area contributed by atoms with Crippen LogP contribution < -0.4 is 4.74 Å². The Kier molecular flexibility index (Phi) is 4.17. The highest BCUT2D eigenvalue weighted by atomic mass is 16.5. The summed E-state index contributed by atoms with van der Waals surface area (Å²) in [5.74, 6) is 0.950. The van der Waals surface area contributed by atoms with Gasteiger partial charge in [-0.05, 0) is 30.2 Å². The highest BCUT2D eigenvalue weighted by Crippen LogP contribution is 2.30. The van der Waals surface area contributed by atoms with E-state index in [0.717, 1.165) is 24.2 Å². The number of benzene rings is 1. The number of hydrogen-bond donors (Lipinski definition) is 0. The fourth-order valence-electron chi connectivity index (χ4n) is 1.62. The maximum Gasteiger partial charge on any atom is 0.123 e. The van der Waals surface area contributed by atoms with Crippen LogP contribution in [0.15, 0.2) is 18.2 Å². The average molecular weight is 203 g/mol. The van der Waals surface area contributed by atoms with E-state index in [9.17, 15) is 0 Å². The minimum absolute atomic E-state index is 0.309. The number of nitriles is 1. The Bertz CT molecular complexity index is 365. The van der Waals surface area contributed by atoms with Gasteiger partial charge in [0.1, 0.15) is 11.9 Å². The molecule has 0 saturated heterocycles. The van der Waals surface area contributed by atoms with Gasteiger partial charge in [-0.15, -0.1) is 0 Å². The molecule has 15 heavy (non-hydrogen) atoms. The van der Waals surface area contributed by atoms with Crippen molar-refractivity contribution >= 4 is 0 Å². The van der Waals surface area contributed by atoms with Crippen molar-refractivity contribution in [2.24, 2.45) is 0 Å². The van der Waals surface area contributed by atoms with Crippen LogP contribution in [0.25, 0.3) is 0 Å². The highest BCUT2D eigenvalue weighted by Gasteiger charge is 2.20. The van der Waals surface area contributed by atoms with E-state index >= 15 is 0 Å². The Morgan fingerprint density at radius 3 is 2.80 bits per heavy atom. The van der Waals surface area contributed by atoms with Crippen molar-refractivity contribution in [3.63, 3.8) is 0 Å². The molecule has 1 heterocycles. The van der Waals surface area contributed by atoms with Crippen LogP contribution in [0, 0.1) is 11.3 Å². The second kappa shape index (κ2) is 5.41. The first kappa shape index (κ1) is 11.6. The van der Waals surface area contributed by atoms with Gasteiger partial charge in [0.25, 0.3) is 0 Å². The molecule has 2 heteroatoms. The molecule has 2 nitrogen and oxygen atoms in total. The smallest absolute Gasteiger partial charge is 0.123 e. The van der Waals surface area contributed by atoms with Gasteiger partial charge in [0.2, 0.25) is 0 Å². The molecule has 2 rings (SSSR count). The largest absolute Gasteiger partial charge is 0.490 e. The molecule has 1 aliphatic heterocycles. The average Bonchev–Trinajstić information content (AvgIpc) is 2.73. The van der Waals surface area contributed by atoms with E-state index in [1.54, 1.807) is 6.07 Å². The van der Waals surface area contributed by atoms with Gasteiger partial charge in [0.05, 0.1) is 11.6 Å². The molecule has 0 saturated carbocycles. The van der Waals surface area contributed by atoms with E-state index < -0.39 is 0 Å². The number of fused-ring (bicyclic) bond motifs is 1. The predicted octanol–water partition coefficient (Wildman–Crippen LogP) is 3.30. The Morgan fingerprint density at radius 2 is 2.20 bits per heavy atom. The van der Waals surface area contributed by atoms with Gasteiger partial charge in [-0.25, -0.2) is 0 Å². The Balaban J connectivity index is 0.000000531. The van der Waals surface area contributed by atoms with Crippen molar-refractivity contribution < 1.29 is 4.74 Å². The SMILES string of the molecule is CC.CCC1Cc2cc(C#N)ccc2O1. The van der Waals surface area contributed by atoms with Crippen molar-refractivity contribution in [1.29, 1.82) is 5.26 Å². The van der Waals surface area contributed by atoms with Crippen LogP contribution >= 0.6 is 0 Å². The van der Waals surface area contributed by atoms with E-state index in [1.807, 2.05) is 26.0 Å². The second-order valence-corrected chi connectivity index (χ2v) is 3.29. The maximum absolute atomic E-state index is 8.70. The van der Waals surface area contributed by atoms with Gasteiger partial charge in [0.15, 0.2) is 0 Å². The summed E-state index contributed by atoms with van der Waals surface area (Å²) in [7, 11) is 0. The summed E-state index contributed by atoms with van der Waals surface area (Å²) in [5.41, 5.74) is 1.89. The van der Waals surface area contributed by atoms with Crippen molar-refractivity contribution in [2.75, 3.05) is 0 Å². The Labute approximate surface area is 91.5 Å². The van der Waals surface area contributed by atoms with Crippen LogP contribution in [0.3, 0.4) is 0 Å². The van der Waals surface area contributed by atoms with Gasteiger partial charge in [-0.1, -0.05) is 20.8 Å². The first-order valence-corrected chi connectivity index (χ1v) is 5.53. The van der Waals surface area contributed by atoms with Gasteiger partial charge < -0.3 is 4.74 Å². The van der Waals surface area contributed by atoms with E-state index in [4.69, 9.17) is 10.00 Å². The molecule has 0 amide bonds. The lowest BCUT2D eigenvalue weighted by molar-refractivity contribution is 0.228. The first-order valence-electron chi connectivity index (χ1n) is 5.53. The molecule has 0 aliphatic carbocycles. The fourth-order valence-corrected chi connectivity index (χ4v) is 1.62. The van der Waals surface area contributed by atoms with E-state index in [1.165, 1.54) is 5.56 Å². The molecule has 1 aromatic rings. The first-order chi connectivity index (χ1) is 7.33. The third-order valence-electron chi connectivity index (χ3n) is 2.39. The van der Waals surface area contributed by atoms with E-state index in [2.05, 4.69) is 13.0 Å². The predicted molar refractivity (Wildman–Crippen MR) is 60.9 cm³/mol. The molecule has 1 atom stereocenters. The lowest BCUT2D eigenvalue weighted by Gasteiger charge is -2.05. The van der Waals surface area contributed by atoms with Crippen LogP contribution in [-0.2, 0) is 6.42 Å². The van der Waals surface area contributed by atoms with Gasteiger partial charge in [-0.2, -0.15) is 5.26 Å². The zero-order chi connectivity index (χ0) is 11.3. The van der Waals surface area contributed by atoms with Gasteiger partial charge >= 0.3 is 0 Å². The third-order valence-corrected chi connectivity index (χ3v) is 2.39. The summed E-state index contributed by atoms with van der Waals surface area (Å²) < 4.78 is 5.65. The standard InChI is InChI=1S/C11H11NO.C2H6/c1-2-10-6-9-5-8(7-12)3-4-11(9)13-10;1-2/h3-5,10H,2,6H2,1H3;1-2H3. The summed E-state index contributed by atoms with van der Waals surface area (Å²) in [6.07, 6.45) is 2.28. The van der Waals surface area contributed by atoms with Crippen molar-refractivity contribution in [2.45, 2.75) is 39.7 Å². The lowest BCUT2D eigenvalue weighted by Crippen LogP contribution is -2.10. The molecule has 1 aliphatic rings. The lowest BCUT2D eigenvalue weighted by atomic mass is 10.1. The summed E-state index contributed by atoms with van der Waals surface area (Å²) >= 11 is 0. The molecule has 80 valence electrons. The van der Waals surface area contributed by atoms with Crippen LogP contribution in [0.5, 0.6) is 5.75 Å². The van der Waals surface area contributed by atoms with Crippen LogP contribution in [-0.4, -0.2) is 6.10 Å². The van der Waals surface area contributed by atoms with Gasteiger partial charge in [0, 0.05) is 6.42 Å². The number of hydrogen-bond acceptors (Lipinski definition) is 2. The Hall–Kier alpha value is -1.49. The van der Waals surface area contributed by atoms with Crippen molar-refractivity contribution in [3.8, 4) is 11.8 Å². The second-order valence-electron chi connectivity index (χ2n) is 3.29. The zero-order valence-corrected chi connectivity index (χ0v) is 9.58. The summed E-state index contributed by atoms with van der Waals surface area (Å²) in [6, 6.07) is 7.75. The summed E-state index contributed by atoms with van der Waals surface area (Å²) in [4.78, 5) is 0. The fraction of sp³-hybridized carbons (Fsp3) is 0.462. The minimum atomic E-state index is 0.309. The van der Waals surface area contributed by atoms with Gasteiger partial charge in [-0.3, -0.25) is 0 Å². The molecular weight excluding hydrogens is 186 g/mol. The van der Waals surface area contributed by atoms with Crippen LogP contribution in [0.2, 0.25) is 0 Å². The molecule has 0 aromatic heterocycles. The monoisotopic (exact) mass is 203 g/mol. The normalized spacial score (nSPS) is 16.8. The third kappa shape index (κ3) is 2.50. The maximum atomic E-state index is 8.70. The highest BCUT2D eigenvalue weighted by molar-refractivity contribution is 5.44. The number of nitrogens with zero attached hydrogens (tertiary/aromatic N) is 1. The molecular formula is C13H17NO. The zero-order valence-electron chi connectivity index (χ0n) is 9.58. The molecule has 1 unspecified atom stereocenters. The molecule has 0 radical (unpaired) electrons. The summed E-state index contributed by atoms with van der Waals surface area (Å²) in [5, 5.41) is 8.70. The number of rotatable bonds is 1. The van der Waals surface area contributed by atoms with Crippen molar-refractivity contribution in [3.05, 3.63) is 29.3 Å². The van der Waals surface area contributed by atoms with E-state index in [0.29, 0.717) is 6.10 Å². The molecule has 0 spiro atoms. The molecule has 0 fully saturated rings. The molecule has 0 bridgehead atoms. The number of ether oxygens (including phenoxy) is 1. The summed E-state index contributed by atoms with van der Waals surface area (Å²) in [6.45, 7) is 6.11.